The number of para-hydroxylation sites is 1. The molecule has 2 bridgehead atoms. The molecule has 21 heavy (non-hydrogen) atoms. The predicted octanol–water partition coefficient (Wildman–Crippen LogP) is 3.09. The van der Waals surface area contributed by atoms with Crippen molar-refractivity contribution in [3.8, 4) is 0 Å². The van der Waals surface area contributed by atoms with Gasteiger partial charge in [-0.25, -0.2) is 4.98 Å². The summed E-state index contributed by atoms with van der Waals surface area (Å²) >= 11 is 0. The third-order valence-corrected chi connectivity index (χ3v) is 5.48. The van der Waals surface area contributed by atoms with Crippen LogP contribution in [0.15, 0.2) is 49.2 Å². The monoisotopic (exact) mass is 279 g/mol. The molecule has 0 spiro atoms. The van der Waals surface area contributed by atoms with Crippen molar-refractivity contribution in [3.63, 3.8) is 0 Å². The van der Waals surface area contributed by atoms with E-state index in [2.05, 4.69) is 59.1 Å². The van der Waals surface area contributed by atoms with Gasteiger partial charge in [0.2, 0.25) is 5.52 Å². The van der Waals surface area contributed by atoms with Gasteiger partial charge >= 0.3 is 0 Å². The number of hydrogen-bond acceptors (Lipinski definition) is 1. The number of benzene rings is 1. The van der Waals surface area contributed by atoms with Crippen molar-refractivity contribution < 1.29 is 4.98 Å². The summed E-state index contributed by atoms with van der Waals surface area (Å²) in [6, 6.07) is 11.6. The van der Waals surface area contributed by atoms with E-state index in [9.17, 15) is 0 Å². The van der Waals surface area contributed by atoms with Crippen LogP contribution in [0.3, 0.4) is 0 Å². The maximum atomic E-state index is 4.02. The third kappa shape index (κ3) is 2.28. The van der Waals surface area contributed by atoms with E-state index in [1.165, 1.54) is 48.8 Å². The quantitative estimate of drug-likeness (QED) is 0.789. The van der Waals surface area contributed by atoms with Gasteiger partial charge in [-0.1, -0.05) is 18.2 Å². The maximum absolute atomic E-state index is 4.02. The fraction of sp³-hybridized carbons (Fsp3) is 0.421. The van der Waals surface area contributed by atoms with E-state index in [4.69, 9.17) is 0 Å². The van der Waals surface area contributed by atoms with E-state index in [1.54, 1.807) is 0 Å². The van der Waals surface area contributed by atoms with Gasteiger partial charge in [-0.15, -0.1) is 6.58 Å². The van der Waals surface area contributed by atoms with Crippen molar-refractivity contribution in [2.45, 2.75) is 25.3 Å². The van der Waals surface area contributed by atoms with Gasteiger partial charge < -0.3 is 0 Å². The Hall–Kier alpha value is -1.67. The van der Waals surface area contributed by atoms with Crippen LogP contribution in [0.2, 0.25) is 0 Å². The minimum Gasteiger partial charge on any atom is -0.299 e. The molecule has 4 atom stereocenters. The van der Waals surface area contributed by atoms with Crippen LogP contribution in [-0.2, 0) is 6.42 Å². The normalized spacial score (nSPS) is 31.4. The van der Waals surface area contributed by atoms with Crippen molar-refractivity contribution in [2.75, 3.05) is 13.1 Å². The smallest absolute Gasteiger partial charge is 0.211 e. The van der Waals surface area contributed by atoms with Crippen LogP contribution in [0, 0.1) is 11.8 Å². The molecule has 108 valence electrons. The van der Waals surface area contributed by atoms with Crippen molar-refractivity contribution >= 4 is 10.9 Å². The first-order chi connectivity index (χ1) is 10.3. The molecule has 3 saturated heterocycles. The Morgan fingerprint density at radius 3 is 3.00 bits per heavy atom. The minimum absolute atomic E-state index is 0.714. The van der Waals surface area contributed by atoms with Gasteiger partial charge in [-0.05, 0) is 49.3 Å². The Balaban J connectivity index is 1.60. The topological polar surface area (TPSA) is 17.4 Å². The highest BCUT2D eigenvalue weighted by Crippen LogP contribution is 2.38. The molecule has 3 fully saturated rings. The van der Waals surface area contributed by atoms with Gasteiger partial charge in [-0.3, -0.25) is 4.90 Å². The molecule has 4 heterocycles. The number of hydrogen-bond donors (Lipinski definition) is 0. The molecule has 4 unspecified atom stereocenters. The first-order valence-corrected chi connectivity index (χ1v) is 8.10. The molecule has 0 amide bonds. The van der Waals surface area contributed by atoms with Crippen molar-refractivity contribution in [1.29, 1.82) is 0 Å². The molecule has 1 aromatic carbocycles. The lowest BCUT2D eigenvalue weighted by Gasteiger charge is -2.49. The van der Waals surface area contributed by atoms with E-state index < -0.39 is 0 Å². The molecule has 2 aromatic rings. The lowest BCUT2D eigenvalue weighted by atomic mass is 9.74. The molecule has 5 rings (SSSR count). The predicted molar refractivity (Wildman–Crippen MR) is 86.0 cm³/mol. The van der Waals surface area contributed by atoms with Crippen molar-refractivity contribution in [1.82, 2.24) is 4.90 Å². The first-order valence-electron chi connectivity index (χ1n) is 8.10. The average molecular weight is 279 g/mol. The zero-order valence-electron chi connectivity index (χ0n) is 12.5. The SMILES string of the molecule is C=CC1CN2CCC1CC2Cc1cc[nH+]c2ccccc12. The lowest BCUT2D eigenvalue weighted by Crippen LogP contribution is -2.53. The molecule has 1 aromatic heterocycles. The van der Waals surface area contributed by atoms with Crippen LogP contribution in [0.1, 0.15) is 18.4 Å². The van der Waals surface area contributed by atoms with Crippen LogP contribution >= 0.6 is 0 Å². The number of H-pyrrole nitrogens is 1. The van der Waals surface area contributed by atoms with Crippen molar-refractivity contribution in [2.24, 2.45) is 11.8 Å². The van der Waals surface area contributed by atoms with Crippen LogP contribution in [0.25, 0.3) is 10.9 Å². The molecule has 3 aliphatic rings. The van der Waals surface area contributed by atoms with Gasteiger partial charge in [0.25, 0.3) is 0 Å². The average Bonchev–Trinajstić information content (AvgIpc) is 2.56. The van der Waals surface area contributed by atoms with Crippen molar-refractivity contribution in [3.05, 3.63) is 54.7 Å². The Kier molecular flexibility index (Phi) is 3.27. The maximum Gasteiger partial charge on any atom is 0.211 e. The number of nitrogens with zero attached hydrogens (tertiary/aromatic N) is 1. The molecule has 0 saturated carbocycles. The van der Waals surface area contributed by atoms with Crippen LogP contribution < -0.4 is 4.98 Å². The van der Waals surface area contributed by atoms with Crippen LogP contribution in [-0.4, -0.2) is 24.0 Å². The number of nitrogens with one attached hydrogen (secondary N) is 1. The Bertz CT molecular complexity index is 658. The highest BCUT2D eigenvalue weighted by atomic mass is 15.2. The Morgan fingerprint density at radius 2 is 2.19 bits per heavy atom. The van der Waals surface area contributed by atoms with Gasteiger partial charge in [0, 0.05) is 30.1 Å². The first kappa shape index (κ1) is 13.0. The van der Waals surface area contributed by atoms with Gasteiger partial charge in [-0.2, -0.15) is 0 Å². The molecule has 0 radical (unpaired) electrons. The fourth-order valence-corrected chi connectivity index (χ4v) is 4.30. The molecule has 2 heteroatoms. The molecular formula is C19H23N2+. The van der Waals surface area contributed by atoms with Gasteiger partial charge in [0.05, 0.1) is 0 Å². The third-order valence-electron chi connectivity index (χ3n) is 5.48. The number of fused-ring (bicyclic) bond motifs is 4. The second-order valence-corrected chi connectivity index (χ2v) is 6.59. The zero-order valence-corrected chi connectivity index (χ0v) is 12.5. The zero-order chi connectivity index (χ0) is 14.2. The van der Waals surface area contributed by atoms with Crippen LogP contribution in [0.4, 0.5) is 0 Å². The van der Waals surface area contributed by atoms with Crippen LogP contribution in [0.5, 0.6) is 0 Å². The summed E-state index contributed by atoms with van der Waals surface area (Å²) in [6.45, 7) is 6.51. The Labute approximate surface area is 126 Å². The Morgan fingerprint density at radius 1 is 1.29 bits per heavy atom. The molecule has 1 N–H and O–H groups in total. The summed E-state index contributed by atoms with van der Waals surface area (Å²) in [4.78, 5) is 6.04. The molecule has 2 nitrogen and oxygen atoms in total. The fourth-order valence-electron chi connectivity index (χ4n) is 4.30. The van der Waals surface area contributed by atoms with Gasteiger partial charge in [0.1, 0.15) is 0 Å². The van der Waals surface area contributed by atoms with E-state index in [-0.39, 0.29) is 0 Å². The molecule has 3 aliphatic heterocycles. The summed E-state index contributed by atoms with van der Waals surface area (Å²) in [5.41, 5.74) is 2.73. The second-order valence-electron chi connectivity index (χ2n) is 6.59. The molecule has 0 aliphatic carbocycles. The minimum atomic E-state index is 0.714. The lowest BCUT2D eigenvalue weighted by molar-refractivity contribution is -0.344. The van der Waals surface area contributed by atoms with E-state index in [0.29, 0.717) is 6.04 Å². The summed E-state index contributed by atoms with van der Waals surface area (Å²) < 4.78 is 0. The number of pyridine rings is 1. The van der Waals surface area contributed by atoms with E-state index >= 15 is 0 Å². The summed E-state index contributed by atoms with van der Waals surface area (Å²) in [5, 5.41) is 1.38. The van der Waals surface area contributed by atoms with E-state index in [0.717, 1.165) is 11.8 Å². The second kappa shape index (κ2) is 5.27. The number of piperidine rings is 3. The highest BCUT2D eigenvalue weighted by Gasteiger charge is 2.38. The van der Waals surface area contributed by atoms with E-state index in [1.807, 2.05) is 0 Å². The number of aromatic nitrogens is 1. The molecular weight excluding hydrogens is 256 g/mol. The summed E-state index contributed by atoms with van der Waals surface area (Å²) in [6.07, 6.45) is 8.14. The number of aromatic amines is 1. The summed E-state index contributed by atoms with van der Waals surface area (Å²) in [5.74, 6) is 1.58. The van der Waals surface area contributed by atoms with Gasteiger partial charge in [0.15, 0.2) is 6.20 Å². The standard InChI is InChI=1S/C19H22N2/c1-2-14-13-21-10-8-15(14)11-17(21)12-16-7-9-20-19-6-4-3-5-18(16)19/h2-7,9,14-15,17H,1,8,10-13H2/p+1. The summed E-state index contributed by atoms with van der Waals surface area (Å²) in [7, 11) is 0. The highest BCUT2D eigenvalue weighted by molar-refractivity contribution is 5.79. The largest absolute Gasteiger partial charge is 0.299 e. The number of rotatable bonds is 3.